The summed E-state index contributed by atoms with van der Waals surface area (Å²) >= 11 is 0. The van der Waals surface area contributed by atoms with Crippen molar-refractivity contribution in [3.8, 4) is 6.01 Å². The largest absolute Gasteiger partial charge is 0.467 e. The number of amides is 1. The van der Waals surface area contributed by atoms with Crippen LogP contribution < -0.4 is 20.3 Å². The van der Waals surface area contributed by atoms with E-state index in [1.807, 2.05) is 7.05 Å². The van der Waals surface area contributed by atoms with Gasteiger partial charge in [0.15, 0.2) is 0 Å². The number of carbonyl (C=O) groups excluding carboxylic acids is 1. The molecule has 0 saturated heterocycles. The fourth-order valence-corrected chi connectivity index (χ4v) is 1.42. The van der Waals surface area contributed by atoms with Crippen molar-refractivity contribution < 1.29 is 9.53 Å². The normalized spacial score (nSPS) is 10.0. The molecule has 0 atom stereocenters. The number of rotatable bonds is 8. The molecule has 0 fully saturated rings. The van der Waals surface area contributed by atoms with E-state index in [0.29, 0.717) is 24.9 Å². The maximum absolute atomic E-state index is 11.3. The van der Waals surface area contributed by atoms with Gasteiger partial charge in [0, 0.05) is 33.6 Å². The quantitative estimate of drug-likeness (QED) is 0.707. The number of ether oxygens (including phenoxy) is 1. The van der Waals surface area contributed by atoms with E-state index in [2.05, 4.69) is 32.5 Å². The van der Waals surface area contributed by atoms with Crippen molar-refractivity contribution >= 4 is 17.8 Å². The van der Waals surface area contributed by atoms with Gasteiger partial charge in [-0.1, -0.05) is 6.92 Å². The smallest absolute Gasteiger partial charge is 0.322 e. The lowest BCUT2D eigenvalue weighted by atomic mass is 10.4. The monoisotopic (exact) mass is 282 g/mol. The Kier molecular flexibility index (Phi) is 6.48. The molecule has 1 rings (SSSR count). The molecule has 0 unspecified atom stereocenters. The average molecular weight is 282 g/mol. The van der Waals surface area contributed by atoms with Crippen LogP contribution >= 0.6 is 0 Å². The van der Waals surface area contributed by atoms with Crippen LogP contribution in [0, 0.1) is 0 Å². The molecule has 1 aromatic heterocycles. The van der Waals surface area contributed by atoms with Crippen LogP contribution in [0.3, 0.4) is 0 Å². The molecule has 0 aliphatic rings. The number of aromatic nitrogens is 3. The second kappa shape index (κ2) is 8.13. The summed E-state index contributed by atoms with van der Waals surface area (Å²) in [5.74, 6) is 0.919. The van der Waals surface area contributed by atoms with Crippen LogP contribution in [-0.4, -0.2) is 55.2 Å². The van der Waals surface area contributed by atoms with Gasteiger partial charge < -0.3 is 20.3 Å². The number of nitrogens with one attached hydrogen (secondary N) is 2. The molecule has 0 saturated carbocycles. The topological polar surface area (TPSA) is 92.3 Å². The average Bonchev–Trinajstić information content (AvgIpc) is 2.49. The molecule has 2 N–H and O–H groups in total. The van der Waals surface area contributed by atoms with Gasteiger partial charge in [0.05, 0.1) is 7.11 Å². The molecule has 1 aromatic rings. The summed E-state index contributed by atoms with van der Waals surface area (Å²) in [4.78, 5) is 25.6. The number of anilines is 2. The first-order valence-corrected chi connectivity index (χ1v) is 6.56. The molecule has 0 aliphatic heterocycles. The fourth-order valence-electron chi connectivity index (χ4n) is 1.42. The first kappa shape index (κ1) is 15.9. The van der Waals surface area contributed by atoms with Crippen LogP contribution in [0.2, 0.25) is 0 Å². The number of carbonyl (C=O) groups is 1. The molecule has 0 spiro atoms. The van der Waals surface area contributed by atoms with E-state index in [4.69, 9.17) is 4.74 Å². The molecular weight excluding hydrogens is 260 g/mol. The first-order chi connectivity index (χ1) is 9.60. The van der Waals surface area contributed by atoms with Crippen LogP contribution in [0.4, 0.5) is 11.9 Å². The summed E-state index contributed by atoms with van der Waals surface area (Å²) in [6, 6.07) is 0.250. The van der Waals surface area contributed by atoms with E-state index in [-0.39, 0.29) is 11.9 Å². The van der Waals surface area contributed by atoms with E-state index in [1.54, 1.807) is 11.9 Å². The third-order valence-electron chi connectivity index (χ3n) is 2.61. The highest BCUT2D eigenvalue weighted by Crippen LogP contribution is 2.13. The Morgan fingerprint density at radius 2 is 2.10 bits per heavy atom. The van der Waals surface area contributed by atoms with E-state index in [1.165, 1.54) is 7.11 Å². The summed E-state index contributed by atoms with van der Waals surface area (Å²) in [5, 5.41) is 5.67. The third kappa shape index (κ3) is 4.87. The molecule has 0 aliphatic carbocycles. The number of hydrogen-bond acceptors (Lipinski definition) is 7. The zero-order valence-corrected chi connectivity index (χ0v) is 12.4. The van der Waals surface area contributed by atoms with Gasteiger partial charge in [-0.15, -0.1) is 0 Å². The molecular formula is C12H22N6O2. The van der Waals surface area contributed by atoms with Gasteiger partial charge in [-0.05, 0) is 6.42 Å². The van der Waals surface area contributed by atoms with Crippen molar-refractivity contribution in [1.29, 1.82) is 0 Å². The Morgan fingerprint density at radius 1 is 1.35 bits per heavy atom. The van der Waals surface area contributed by atoms with Crippen molar-refractivity contribution in [1.82, 2.24) is 20.3 Å². The van der Waals surface area contributed by atoms with Gasteiger partial charge in [0.1, 0.15) is 0 Å². The van der Waals surface area contributed by atoms with Crippen molar-refractivity contribution in [3.63, 3.8) is 0 Å². The van der Waals surface area contributed by atoms with Gasteiger partial charge >= 0.3 is 6.01 Å². The number of methoxy groups -OCH3 is 1. The minimum absolute atomic E-state index is 0.0257. The lowest BCUT2D eigenvalue weighted by Gasteiger charge is -2.17. The van der Waals surface area contributed by atoms with Crippen molar-refractivity contribution in [3.05, 3.63) is 0 Å². The fraction of sp³-hybridized carbons (Fsp3) is 0.667. The van der Waals surface area contributed by atoms with Gasteiger partial charge in [0.2, 0.25) is 17.8 Å². The lowest BCUT2D eigenvalue weighted by molar-refractivity contribution is -0.120. The summed E-state index contributed by atoms with van der Waals surface area (Å²) in [6.45, 7) is 3.34. The maximum Gasteiger partial charge on any atom is 0.322 e. The molecule has 1 heterocycles. The highest BCUT2D eigenvalue weighted by atomic mass is 16.5. The van der Waals surface area contributed by atoms with Crippen LogP contribution in [0.5, 0.6) is 6.01 Å². The van der Waals surface area contributed by atoms with Crippen LogP contribution in [-0.2, 0) is 4.79 Å². The zero-order chi connectivity index (χ0) is 15.0. The standard InChI is InChI=1S/C12H22N6O2/c1-5-7-14-10-15-11(17-12(16-10)20-4)18(3)8-6-9(19)13-2/h5-8H2,1-4H3,(H,13,19)(H,14,15,16,17). The van der Waals surface area contributed by atoms with E-state index in [0.717, 1.165) is 13.0 Å². The second-order valence-electron chi connectivity index (χ2n) is 4.22. The molecule has 112 valence electrons. The van der Waals surface area contributed by atoms with Crippen molar-refractivity contribution in [2.75, 3.05) is 44.5 Å². The Morgan fingerprint density at radius 3 is 2.70 bits per heavy atom. The van der Waals surface area contributed by atoms with E-state index < -0.39 is 0 Å². The van der Waals surface area contributed by atoms with Crippen molar-refractivity contribution in [2.45, 2.75) is 19.8 Å². The summed E-state index contributed by atoms with van der Waals surface area (Å²) in [7, 11) is 4.94. The molecule has 8 heteroatoms. The van der Waals surface area contributed by atoms with Gasteiger partial charge in [-0.3, -0.25) is 4.79 Å². The Hall–Kier alpha value is -2.12. The van der Waals surface area contributed by atoms with Crippen LogP contribution in [0.15, 0.2) is 0 Å². The van der Waals surface area contributed by atoms with Gasteiger partial charge in [-0.25, -0.2) is 0 Å². The molecule has 0 bridgehead atoms. The summed E-state index contributed by atoms with van der Waals surface area (Å²) in [6.07, 6.45) is 1.34. The molecule has 0 aromatic carbocycles. The third-order valence-corrected chi connectivity index (χ3v) is 2.61. The highest BCUT2D eigenvalue weighted by molar-refractivity contribution is 5.76. The van der Waals surface area contributed by atoms with Gasteiger partial charge in [-0.2, -0.15) is 15.0 Å². The highest BCUT2D eigenvalue weighted by Gasteiger charge is 2.11. The number of nitrogens with zero attached hydrogens (tertiary/aromatic N) is 4. The molecule has 0 radical (unpaired) electrons. The Bertz CT molecular complexity index is 440. The Labute approximate surface area is 119 Å². The van der Waals surface area contributed by atoms with Crippen molar-refractivity contribution in [2.24, 2.45) is 0 Å². The predicted molar refractivity (Wildman–Crippen MR) is 77.1 cm³/mol. The summed E-state index contributed by atoms with van der Waals surface area (Å²) < 4.78 is 5.06. The molecule has 20 heavy (non-hydrogen) atoms. The molecule has 8 nitrogen and oxygen atoms in total. The first-order valence-electron chi connectivity index (χ1n) is 6.56. The van der Waals surface area contributed by atoms with E-state index in [9.17, 15) is 4.79 Å². The van der Waals surface area contributed by atoms with Crippen LogP contribution in [0.25, 0.3) is 0 Å². The SMILES string of the molecule is CCCNc1nc(OC)nc(N(C)CCC(=O)NC)n1. The van der Waals surface area contributed by atoms with Gasteiger partial charge in [0.25, 0.3) is 0 Å². The minimum atomic E-state index is -0.0257. The summed E-state index contributed by atoms with van der Waals surface area (Å²) in [5.41, 5.74) is 0. The lowest BCUT2D eigenvalue weighted by Crippen LogP contribution is -2.28. The second-order valence-corrected chi connectivity index (χ2v) is 4.22. The molecule has 1 amide bonds. The predicted octanol–water partition coefficient (Wildman–Crippen LogP) is 0.274. The van der Waals surface area contributed by atoms with E-state index >= 15 is 0 Å². The number of hydrogen-bond donors (Lipinski definition) is 2. The zero-order valence-electron chi connectivity index (χ0n) is 12.4. The maximum atomic E-state index is 11.3. The minimum Gasteiger partial charge on any atom is -0.467 e. The van der Waals surface area contributed by atoms with Crippen LogP contribution in [0.1, 0.15) is 19.8 Å². The Balaban J connectivity index is 2.78.